The van der Waals surface area contributed by atoms with E-state index >= 15 is 0 Å². The van der Waals surface area contributed by atoms with Crippen LogP contribution in [0, 0.1) is 0 Å². The molecule has 3 heterocycles. The van der Waals surface area contributed by atoms with Crippen LogP contribution < -0.4 is 9.64 Å². The Morgan fingerprint density at radius 1 is 1.03 bits per heavy atom. The van der Waals surface area contributed by atoms with Gasteiger partial charge in [-0.25, -0.2) is 23.2 Å². The second-order valence-corrected chi connectivity index (χ2v) is 10.9. The van der Waals surface area contributed by atoms with Crippen LogP contribution in [-0.2, 0) is 21.0 Å². The van der Waals surface area contributed by atoms with Crippen LogP contribution in [0.3, 0.4) is 0 Å². The molecule has 0 bridgehead atoms. The van der Waals surface area contributed by atoms with Crippen molar-refractivity contribution in [3.8, 4) is 5.88 Å². The van der Waals surface area contributed by atoms with Gasteiger partial charge in [0.25, 0.3) is 0 Å². The van der Waals surface area contributed by atoms with Gasteiger partial charge in [-0.3, -0.25) is 0 Å². The third kappa shape index (κ3) is 4.75. The molecule has 0 radical (unpaired) electrons. The summed E-state index contributed by atoms with van der Waals surface area (Å²) < 4.78 is 35.3. The third-order valence-electron chi connectivity index (χ3n) is 6.59. The first kappa shape index (κ1) is 21.9. The number of likely N-dealkylation sites (tertiary alicyclic amines) is 1. The number of anilines is 2. The predicted molar refractivity (Wildman–Crippen MR) is 122 cm³/mol. The van der Waals surface area contributed by atoms with E-state index in [1.807, 2.05) is 12.1 Å². The topological polar surface area (TPSA) is 102 Å². The lowest BCUT2D eigenvalue weighted by Gasteiger charge is -2.34. The van der Waals surface area contributed by atoms with Crippen molar-refractivity contribution in [3.05, 3.63) is 36.2 Å². The Balaban J connectivity index is 1.21. The maximum absolute atomic E-state index is 12.2. The van der Waals surface area contributed by atoms with Crippen LogP contribution in [0.25, 0.3) is 0 Å². The Morgan fingerprint density at radius 3 is 2.52 bits per heavy atom. The summed E-state index contributed by atoms with van der Waals surface area (Å²) in [6.07, 6.45) is 7.84. The number of carbonyl (C=O) groups is 1. The molecule has 0 unspecified atom stereocenters. The molecule has 1 amide bonds. The van der Waals surface area contributed by atoms with Gasteiger partial charge in [0.1, 0.15) is 24.4 Å². The van der Waals surface area contributed by atoms with Crippen molar-refractivity contribution in [2.75, 3.05) is 30.8 Å². The van der Waals surface area contributed by atoms with Gasteiger partial charge < -0.3 is 19.3 Å². The van der Waals surface area contributed by atoms with E-state index in [4.69, 9.17) is 9.47 Å². The molecule has 2 aromatic rings. The minimum Gasteiger partial charge on any atom is -0.474 e. The second-order valence-electron chi connectivity index (χ2n) is 8.92. The molecule has 2 fully saturated rings. The first-order valence-corrected chi connectivity index (χ1v) is 13.3. The molecule has 1 aliphatic carbocycles. The zero-order chi connectivity index (χ0) is 23.0. The van der Waals surface area contributed by atoms with Gasteiger partial charge in [-0.05, 0) is 49.4 Å². The number of ether oxygens (including phenoxy) is 2. The van der Waals surface area contributed by atoms with Crippen LogP contribution in [-0.4, -0.2) is 67.5 Å². The molecule has 1 saturated heterocycles. The Labute approximate surface area is 193 Å². The standard InChI is InChI=1S/C23H28N4O5S/c1-33(29,30)19-5-6-20-16(13-19)7-12-27(20)21-14-22(25-15-24-21)31-18-8-10-26(11-9-18)23(28)32-17-3-2-4-17/h5-6,13-15,17-18H,2-4,7-12H2,1H3. The normalized spacial score (nSPS) is 19.2. The highest BCUT2D eigenvalue weighted by molar-refractivity contribution is 7.90. The summed E-state index contributed by atoms with van der Waals surface area (Å²) in [5, 5.41) is 0. The summed E-state index contributed by atoms with van der Waals surface area (Å²) in [6, 6.07) is 7.03. The molecule has 176 valence electrons. The number of carbonyl (C=O) groups excluding carboxylic acids is 1. The molecule has 0 N–H and O–H groups in total. The molecule has 0 atom stereocenters. The van der Waals surface area contributed by atoms with E-state index in [0.717, 1.165) is 49.8 Å². The fourth-order valence-electron chi connectivity index (χ4n) is 4.42. The molecule has 5 rings (SSSR count). The van der Waals surface area contributed by atoms with Crippen LogP contribution in [0.5, 0.6) is 5.88 Å². The predicted octanol–water partition coefficient (Wildman–Crippen LogP) is 3.11. The maximum Gasteiger partial charge on any atom is 0.410 e. The van der Waals surface area contributed by atoms with Crippen molar-refractivity contribution in [3.63, 3.8) is 0 Å². The van der Waals surface area contributed by atoms with Crippen molar-refractivity contribution < 1.29 is 22.7 Å². The summed E-state index contributed by atoms with van der Waals surface area (Å²) in [5.74, 6) is 1.21. The van der Waals surface area contributed by atoms with E-state index in [0.29, 0.717) is 36.2 Å². The number of hydrogen-bond donors (Lipinski definition) is 0. The minimum atomic E-state index is -3.24. The van der Waals surface area contributed by atoms with Gasteiger partial charge in [0, 0.05) is 50.5 Å². The summed E-state index contributed by atoms with van der Waals surface area (Å²) in [7, 11) is -3.24. The molecule has 1 aromatic heterocycles. The number of piperidine rings is 1. The van der Waals surface area contributed by atoms with Crippen molar-refractivity contribution in [2.24, 2.45) is 0 Å². The monoisotopic (exact) mass is 472 g/mol. The van der Waals surface area contributed by atoms with Gasteiger partial charge in [-0.2, -0.15) is 0 Å². The van der Waals surface area contributed by atoms with E-state index in [1.165, 1.54) is 12.6 Å². The zero-order valence-electron chi connectivity index (χ0n) is 18.6. The van der Waals surface area contributed by atoms with E-state index < -0.39 is 9.84 Å². The fourth-order valence-corrected chi connectivity index (χ4v) is 5.09. The molecule has 10 heteroatoms. The van der Waals surface area contributed by atoms with Gasteiger partial charge >= 0.3 is 6.09 Å². The van der Waals surface area contributed by atoms with E-state index in [2.05, 4.69) is 14.9 Å². The van der Waals surface area contributed by atoms with E-state index in [1.54, 1.807) is 17.0 Å². The van der Waals surface area contributed by atoms with Crippen LogP contribution >= 0.6 is 0 Å². The molecule has 3 aliphatic rings. The highest BCUT2D eigenvalue weighted by Crippen LogP contribution is 2.35. The Morgan fingerprint density at radius 2 is 1.82 bits per heavy atom. The van der Waals surface area contributed by atoms with Crippen molar-refractivity contribution >= 4 is 27.4 Å². The first-order chi connectivity index (χ1) is 15.9. The number of benzene rings is 1. The van der Waals surface area contributed by atoms with Crippen molar-refractivity contribution in [1.82, 2.24) is 14.9 Å². The average Bonchev–Trinajstić information content (AvgIpc) is 3.20. The van der Waals surface area contributed by atoms with Crippen LogP contribution in [0.2, 0.25) is 0 Å². The SMILES string of the molecule is CS(=O)(=O)c1ccc2c(c1)CCN2c1cc(OC2CCN(C(=O)OC3CCC3)CC2)ncn1. The quantitative estimate of drug-likeness (QED) is 0.654. The summed E-state index contributed by atoms with van der Waals surface area (Å²) in [4.78, 5) is 25.1. The van der Waals surface area contributed by atoms with Gasteiger partial charge in [-0.15, -0.1) is 0 Å². The maximum atomic E-state index is 12.2. The smallest absolute Gasteiger partial charge is 0.410 e. The minimum absolute atomic E-state index is 0.0244. The summed E-state index contributed by atoms with van der Waals surface area (Å²) in [5.41, 5.74) is 1.94. The number of sulfone groups is 1. The molecule has 33 heavy (non-hydrogen) atoms. The number of rotatable bonds is 5. The second kappa shape index (κ2) is 8.81. The third-order valence-corrected chi connectivity index (χ3v) is 7.70. The highest BCUT2D eigenvalue weighted by atomic mass is 32.2. The van der Waals surface area contributed by atoms with Crippen molar-refractivity contribution in [1.29, 1.82) is 0 Å². The number of amides is 1. The molecular weight excluding hydrogens is 444 g/mol. The molecular formula is C23H28N4O5S. The van der Waals surface area contributed by atoms with Gasteiger partial charge in [0.05, 0.1) is 4.90 Å². The molecule has 1 aromatic carbocycles. The zero-order valence-corrected chi connectivity index (χ0v) is 19.5. The van der Waals surface area contributed by atoms with Gasteiger partial charge in [0.2, 0.25) is 5.88 Å². The van der Waals surface area contributed by atoms with Crippen molar-refractivity contribution in [2.45, 2.75) is 55.6 Å². The number of fused-ring (bicyclic) bond motifs is 1. The van der Waals surface area contributed by atoms with Gasteiger partial charge in [0.15, 0.2) is 9.84 Å². The summed E-state index contributed by atoms with van der Waals surface area (Å²) in [6.45, 7) is 1.92. The molecule has 1 saturated carbocycles. The van der Waals surface area contributed by atoms with E-state index in [-0.39, 0.29) is 18.3 Å². The lowest BCUT2D eigenvalue weighted by molar-refractivity contribution is 0.0145. The Hall–Kier alpha value is -2.88. The van der Waals surface area contributed by atoms with Gasteiger partial charge in [-0.1, -0.05) is 0 Å². The Kier molecular flexibility index (Phi) is 5.86. The Bertz CT molecular complexity index is 1140. The largest absolute Gasteiger partial charge is 0.474 e. The average molecular weight is 473 g/mol. The van der Waals surface area contributed by atoms with Crippen LogP contribution in [0.4, 0.5) is 16.3 Å². The first-order valence-electron chi connectivity index (χ1n) is 11.4. The molecule has 0 spiro atoms. The lowest BCUT2D eigenvalue weighted by Crippen LogP contribution is -2.43. The molecule has 2 aliphatic heterocycles. The fraction of sp³-hybridized carbons (Fsp3) is 0.522. The summed E-state index contributed by atoms with van der Waals surface area (Å²) >= 11 is 0. The van der Waals surface area contributed by atoms with Crippen LogP contribution in [0.1, 0.15) is 37.7 Å². The lowest BCUT2D eigenvalue weighted by atomic mass is 9.96. The van der Waals surface area contributed by atoms with Crippen LogP contribution in [0.15, 0.2) is 35.5 Å². The molecule has 9 nitrogen and oxygen atoms in total. The number of aromatic nitrogens is 2. The highest BCUT2D eigenvalue weighted by Gasteiger charge is 2.29. The number of nitrogens with zero attached hydrogens (tertiary/aromatic N) is 4. The number of hydrogen-bond acceptors (Lipinski definition) is 8. The van der Waals surface area contributed by atoms with E-state index in [9.17, 15) is 13.2 Å².